The molecule has 16 heavy (non-hydrogen) atoms. The van der Waals surface area contributed by atoms with E-state index in [1.165, 1.54) is 0 Å². The summed E-state index contributed by atoms with van der Waals surface area (Å²) in [6.07, 6.45) is 3.01. The highest BCUT2D eigenvalue weighted by atomic mass is 16.6. The van der Waals surface area contributed by atoms with Crippen LogP contribution in [0.3, 0.4) is 0 Å². The second-order valence-corrected chi connectivity index (χ2v) is 3.18. The Morgan fingerprint density at radius 2 is 1.88 bits per heavy atom. The number of unbranched alkanes of at least 4 members (excludes halogenated alkanes) is 1. The largest absolute Gasteiger partial charge is 0.481 e. The number of carboxylic acid groups (broad SMARTS) is 1. The molecule has 92 valence electrons. The third-order valence-corrected chi connectivity index (χ3v) is 1.75. The van der Waals surface area contributed by atoms with Crippen molar-refractivity contribution in [2.24, 2.45) is 0 Å². The number of carbonyl (C=O) groups is 2. The Bertz CT molecular complexity index is 224. The molecular formula is C11H18O5. The van der Waals surface area contributed by atoms with E-state index in [0.29, 0.717) is 26.1 Å². The fraction of sp³-hybridized carbons (Fsp3) is 0.636. The van der Waals surface area contributed by atoms with Crippen molar-refractivity contribution in [3.05, 3.63) is 12.7 Å². The van der Waals surface area contributed by atoms with Crippen LogP contribution in [0.4, 0.5) is 0 Å². The van der Waals surface area contributed by atoms with Crippen molar-refractivity contribution in [3.63, 3.8) is 0 Å². The fourth-order valence-corrected chi connectivity index (χ4v) is 0.999. The third-order valence-electron chi connectivity index (χ3n) is 1.75. The minimum Gasteiger partial charge on any atom is -0.481 e. The van der Waals surface area contributed by atoms with Gasteiger partial charge in [0.05, 0.1) is 13.2 Å². The molecule has 0 aromatic carbocycles. The van der Waals surface area contributed by atoms with Crippen molar-refractivity contribution in [2.45, 2.75) is 25.7 Å². The van der Waals surface area contributed by atoms with Crippen LogP contribution in [0.25, 0.3) is 0 Å². The molecule has 0 aliphatic rings. The van der Waals surface area contributed by atoms with Crippen LogP contribution >= 0.6 is 0 Å². The molecule has 0 spiro atoms. The van der Waals surface area contributed by atoms with Crippen LogP contribution in [0.5, 0.6) is 0 Å². The van der Waals surface area contributed by atoms with Gasteiger partial charge in [-0.15, -0.1) is 6.58 Å². The number of aliphatic carboxylic acids is 1. The van der Waals surface area contributed by atoms with Crippen LogP contribution in [-0.2, 0) is 19.1 Å². The van der Waals surface area contributed by atoms with Gasteiger partial charge < -0.3 is 14.6 Å². The lowest BCUT2D eigenvalue weighted by atomic mass is 10.2. The van der Waals surface area contributed by atoms with E-state index in [9.17, 15) is 9.59 Å². The highest BCUT2D eigenvalue weighted by Crippen LogP contribution is 2.01. The quantitative estimate of drug-likeness (QED) is 0.348. The van der Waals surface area contributed by atoms with E-state index in [-0.39, 0.29) is 25.4 Å². The van der Waals surface area contributed by atoms with Crippen molar-refractivity contribution in [3.8, 4) is 0 Å². The molecule has 0 bridgehead atoms. The summed E-state index contributed by atoms with van der Waals surface area (Å²) in [5.74, 6) is -1.15. The first kappa shape index (κ1) is 14.6. The van der Waals surface area contributed by atoms with Crippen molar-refractivity contribution in [1.29, 1.82) is 0 Å². The number of rotatable bonds is 10. The normalized spacial score (nSPS) is 9.75. The van der Waals surface area contributed by atoms with Gasteiger partial charge >= 0.3 is 11.9 Å². The van der Waals surface area contributed by atoms with Crippen LogP contribution in [0.2, 0.25) is 0 Å². The van der Waals surface area contributed by atoms with Gasteiger partial charge in [0.25, 0.3) is 0 Å². The Hall–Kier alpha value is -1.36. The summed E-state index contributed by atoms with van der Waals surface area (Å²) in [5.41, 5.74) is 0. The zero-order valence-electron chi connectivity index (χ0n) is 9.31. The lowest BCUT2D eigenvalue weighted by Gasteiger charge is -2.04. The molecule has 1 N–H and O–H groups in total. The van der Waals surface area contributed by atoms with Crippen LogP contribution in [-0.4, -0.2) is 36.9 Å². The van der Waals surface area contributed by atoms with Gasteiger partial charge in [0, 0.05) is 12.8 Å². The predicted octanol–water partition coefficient (Wildman–Crippen LogP) is 1.38. The Balaban J connectivity index is 3.24. The summed E-state index contributed by atoms with van der Waals surface area (Å²) in [4.78, 5) is 21.3. The smallest absolute Gasteiger partial charge is 0.305 e. The first-order valence-corrected chi connectivity index (χ1v) is 5.23. The average Bonchev–Trinajstić information content (AvgIpc) is 2.24. The maximum absolute atomic E-state index is 11.1. The summed E-state index contributed by atoms with van der Waals surface area (Å²) >= 11 is 0. The molecule has 5 heteroatoms. The van der Waals surface area contributed by atoms with Gasteiger partial charge in [-0.05, 0) is 12.8 Å². The van der Waals surface area contributed by atoms with Crippen molar-refractivity contribution in [1.82, 2.24) is 0 Å². The zero-order valence-corrected chi connectivity index (χ0v) is 9.31. The standard InChI is InChI=1S/C11H18O5/c1-2-7-15-8-9-16-11(14)6-4-3-5-10(12)13/h2H,1,3-9H2,(H,12,13). The Kier molecular flexibility index (Phi) is 9.30. The Morgan fingerprint density at radius 3 is 2.50 bits per heavy atom. The summed E-state index contributed by atoms with van der Waals surface area (Å²) in [6.45, 7) is 4.50. The fourth-order valence-electron chi connectivity index (χ4n) is 0.999. The lowest BCUT2D eigenvalue weighted by Crippen LogP contribution is -2.10. The molecule has 0 amide bonds. The molecule has 0 aliphatic heterocycles. The molecule has 0 aliphatic carbocycles. The minimum atomic E-state index is -0.841. The molecular weight excluding hydrogens is 212 g/mol. The zero-order chi connectivity index (χ0) is 12.2. The molecule has 0 saturated heterocycles. The third kappa shape index (κ3) is 10.7. The number of hydrogen-bond acceptors (Lipinski definition) is 4. The Labute approximate surface area is 95.0 Å². The van der Waals surface area contributed by atoms with Crippen LogP contribution < -0.4 is 0 Å². The first-order chi connectivity index (χ1) is 7.66. The van der Waals surface area contributed by atoms with Gasteiger partial charge in [0.15, 0.2) is 0 Å². The molecule has 0 rings (SSSR count). The molecule has 0 saturated carbocycles. The van der Waals surface area contributed by atoms with E-state index >= 15 is 0 Å². The average molecular weight is 230 g/mol. The summed E-state index contributed by atoms with van der Waals surface area (Å²) in [6, 6.07) is 0. The van der Waals surface area contributed by atoms with Gasteiger partial charge in [0.2, 0.25) is 0 Å². The van der Waals surface area contributed by atoms with E-state index < -0.39 is 5.97 Å². The predicted molar refractivity (Wildman–Crippen MR) is 58.1 cm³/mol. The number of ether oxygens (including phenoxy) is 2. The first-order valence-electron chi connectivity index (χ1n) is 5.23. The molecule has 0 heterocycles. The van der Waals surface area contributed by atoms with Crippen LogP contribution in [0.1, 0.15) is 25.7 Å². The number of carboxylic acids is 1. The molecule has 0 aromatic heterocycles. The molecule has 0 unspecified atom stereocenters. The molecule has 5 nitrogen and oxygen atoms in total. The van der Waals surface area contributed by atoms with Crippen LogP contribution in [0.15, 0.2) is 12.7 Å². The van der Waals surface area contributed by atoms with Gasteiger partial charge in [-0.25, -0.2) is 0 Å². The van der Waals surface area contributed by atoms with Crippen molar-refractivity contribution >= 4 is 11.9 Å². The number of esters is 1. The number of carbonyl (C=O) groups excluding carboxylic acids is 1. The molecule has 0 atom stereocenters. The minimum absolute atomic E-state index is 0.0930. The van der Waals surface area contributed by atoms with Crippen LogP contribution in [0, 0.1) is 0 Å². The molecule has 0 fully saturated rings. The molecule has 0 aromatic rings. The van der Waals surface area contributed by atoms with Crippen molar-refractivity contribution in [2.75, 3.05) is 19.8 Å². The van der Waals surface area contributed by atoms with E-state index in [0.717, 1.165) is 0 Å². The van der Waals surface area contributed by atoms with Gasteiger partial charge in [-0.3, -0.25) is 9.59 Å². The number of hydrogen-bond donors (Lipinski definition) is 1. The summed E-state index contributed by atoms with van der Waals surface area (Å²) < 4.78 is 9.87. The monoisotopic (exact) mass is 230 g/mol. The van der Waals surface area contributed by atoms with Gasteiger partial charge in [0.1, 0.15) is 6.61 Å². The van der Waals surface area contributed by atoms with E-state index in [2.05, 4.69) is 6.58 Å². The molecule has 0 radical (unpaired) electrons. The SMILES string of the molecule is C=CCOCCOC(=O)CCCCC(=O)O. The second kappa shape index (κ2) is 10.2. The van der Waals surface area contributed by atoms with E-state index in [4.69, 9.17) is 14.6 Å². The highest BCUT2D eigenvalue weighted by molar-refractivity contribution is 5.69. The summed E-state index contributed by atoms with van der Waals surface area (Å²) in [7, 11) is 0. The maximum Gasteiger partial charge on any atom is 0.305 e. The lowest BCUT2D eigenvalue weighted by molar-refractivity contribution is -0.145. The second-order valence-electron chi connectivity index (χ2n) is 3.18. The topological polar surface area (TPSA) is 72.8 Å². The van der Waals surface area contributed by atoms with Gasteiger partial charge in [-0.1, -0.05) is 6.08 Å². The van der Waals surface area contributed by atoms with Crippen molar-refractivity contribution < 1.29 is 24.2 Å². The summed E-state index contributed by atoms with van der Waals surface area (Å²) in [5, 5.41) is 8.36. The Morgan fingerprint density at radius 1 is 1.19 bits per heavy atom. The van der Waals surface area contributed by atoms with Gasteiger partial charge in [-0.2, -0.15) is 0 Å². The van der Waals surface area contributed by atoms with E-state index in [1.807, 2.05) is 0 Å². The van der Waals surface area contributed by atoms with E-state index in [1.54, 1.807) is 6.08 Å². The highest BCUT2D eigenvalue weighted by Gasteiger charge is 2.03. The maximum atomic E-state index is 11.1.